The smallest absolute Gasteiger partial charge is 0.305 e. The summed E-state index contributed by atoms with van der Waals surface area (Å²) in [5, 5.41) is 24.0. The number of nitrogens with one attached hydrogen (secondary N) is 1. The van der Waals surface area contributed by atoms with E-state index in [1.54, 1.807) is 19.1 Å². The normalized spacial score (nSPS) is 19.9. The van der Waals surface area contributed by atoms with Gasteiger partial charge >= 0.3 is 5.97 Å². The van der Waals surface area contributed by atoms with Gasteiger partial charge in [0.15, 0.2) is 0 Å². The minimum absolute atomic E-state index is 0.0508. The van der Waals surface area contributed by atoms with E-state index in [4.69, 9.17) is 9.47 Å². The maximum atomic E-state index is 11.7. The van der Waals surface area contributed by atoms with Gasteiger partial charge in [-0.1, -0.05) is 42.5 Å². The Morgan fingerprint density at radius 2 is 2.03 bits per heavy atom. The number of hydrogen-bond acceptors (Lipinski definition) is 6. The molecule has 0 aliphatic heterocycles. The van der Waals surface area contributed by atoms with Gasteiger partial charge in [-0.15, -0.1) is 0 Å². The van der Waals surface area contributed by atoms with Crippen LogP contribution in [0.15, 0.2) is 66.7 Å². The van der Waals surface area contributed by atoms with Crippen LogP contribution in [0.3, 0.4) is 0 Å². The summed E-state index contributed by atoms with van der Waals surface area (Å²) in [5.74, 6) is 0.724. The summed E-state index contributed by atoms with van der Waals surface area (Å²) in [6.07, 6.45) is 3.81. The molecule has 2 aliphatic carbocycles. The second-order valence-electron chi connectivity index (χ2n) is 10.3. The molecule has 3 aromatic rings. The first kappa shape index (κ1) is 25.8. The molecule has 0 amide bonds. The van der Waals surface area contributed by atoms with Crippen molar-refractivity contribution in [2.75, 3.05) is 11.9 Å². The molecule has 3 aromatic carbocycles. The van der Waals surface area contributed by atoms with Crippen LogP contribution in [-0.2, 0) is 34.4 Å². The maximum Gasteiger partial charge on any atom is 0.305 e. The van der Waals surface area contributed by atoms with E-state index in [9.17, 15) is 15.2 Å². The molecule has 6 nitrogen and oxygen atoms in total. The van der Waals surface area contributed by atoms with Crippen molar-refractivity contribution >= 4 is 11.7 Å². The van der Waals surface area contributed by atoms with Crippen molar-refractivity contribution in [2.45, 2.75) is 63.7 Å². The number of benzene rings is 3. The van der Waals surface area contributed by atoms with E-state index in [0.29, 0.717) is 38.0 Å². The molecule has 38 heavy (non-hydrogen) atoms. The third-order valence-corrected chi connectivity index (χ3v) is 7.90. The Hall–Kier alpha value is -3.82. The molecule has 0 heterocycles. The molecule has 2 aliphatic rings. The van der Waals surface area contributed by atoms with E-state index in [1.807, 2.05) is 30.3 Å². The van der Waals surface area contributed by atoms with Gasteiger partial charge in [-0.3, -0.25) is 4.79 Å². The number of carbonyl (C=O) groups excluding carboxylic acids is 1. The highest BCUT2D eigenvalue weighted by atomic mass is 16.5. The molecule has 0 bridgehead atoms. The SMILES string of the molecule is CCOC(=O)CCCc1ccc(C#N)cc1NC(O)[C@@H]1C[C@]12CCc1ccc(OCc3ccccc3)cc12. The van der Waals surface area contributed by atoms with Gasteiger partial charge in [0.05, 0.1) is 18.2 Å². The fourth-order valence-electron chi connectivity index (χ4n) is 5.82. The molecule has 1 saturated carbocycles. The van der Waals surface area contributed by atoms with Crippen LogP contribution in [0.4, 0.5) is 5.69 Å². The van der Waals surface area contributed by atoms with Crippen molar-refractivity contribution in [3.05, 3.63) is 94.5 Å². The number of carbonyl (C=O) groups is 1. The number of fused-ring (bicyclic) bond motifs is 2. The first-order chi connectivity index (χ1) is 18.5. The lowest BCUT2D eigenvalue weighted by Crippen LogP contribution is -2.26. The molecule has 3 atom stereocenters. The van der Waals surface area contributed by atoms with E-state index in [0.717, 1.165) is 41.8 Å². The van der Waals surface area contributed by atoms with E-state index < -0.39 is 6.23 Å². The maximum absolute atomic E-state index is 11.7. The van der Waals surface area contributed by atoms with Crippen LogP contribution >= 0.6 is 0 Å². The van der Waals surface area contributed by atoms with Gasteiger partial charge in [0, 0.05) is 23.4 Å². The monoisotopic (exact) mass is 510 g/mol. The number of ether oxygens (including phenoxy) is 2. The molecule has 1 unspecified atom stereocenters. The van der Waals surface area contributed by atoms with Gasteiger partial charge in [0.2, 0.25) is 0 Å². The Kier molecular flexibility index (Phi) is 7.67. The molecule has 6 heteroatoms. The summed E-state index contributed by atoms with van der Waals surface area (Å²) >= 11 is 0. The minimum atomic E-state index is -0.743. The van der Waals surface area contributed by atoms with Gasteiger partial charge in [-0.2, -0.15) is 5.26 Å². The van der Waals surface area contributed by atoms with Gasteiger partial charge < -0.3 is 19.9 Å². The second-order valence-corrected chi connectivity index (χ2v) is 10.3. The first-order valence-corrected chi connectivity index (χ1v) is 13.5. The topological polar surface area (TPSA) is 91.6 Å². The fourth-order valence-corrected chi connectivity index (χ4v) is 5.82. The van der Waals surface area contributed by atoms with Crippen LogP contribution in [0.2, 0.25) is 0 Å². The molecule has 196 valence electrons. The Labute approximate surface area is 224 Å². The number of aryl methyl sites for hydroxylation is 2. The van der Waals surface area contributed by atoms with Gasteiger partial charge in [0.25, 0.3) is 0 Å². The van der Waals surface area contributed by atoms with Crippen molar-refractivity contribution in [1.29, 1.82) is 5.26 Å². The molecule has 0 saturated heterocycles. The summed E-state index contributed by atoms with van der Waals surface area (Å²) in [4.78, 5) is 11.7. The number of hydrogen-bond donors (Lipinski definition) is 2. The van der Waals surface area contributed by atoms with Crippen LogP contribution < -0.4 is 10.1 Å². The summed E-state index contributed by atoms with van der Waals surface area (Å²) in [6, 6.07) is 24.2. The average molecular weight is 511 g/mol. The number of nitrogens with zero attached hydrogens (tertiary/aromatic N) is 1. The predicted molar refractivity (Wildman–Crippen MR) is 146 cm³/mol. The highest BCUT2D eigenvalue weighted by Crippen LogP contribution is 2.63. The van der Waals surface area contributed by atoms with Crippen LogP contribution in [0.25, 0.3) is 0 Å². The number of aliphatic hydroxyl groups excluding tert-OH is 1. The molecule has 0 aromatic heterocycles. The van der Waals surface area contributed by atoms with Crippen LogP contribution in [-0.4, -0.2) is 23.9 Å². The van der Waals surface area contributed by atoms with Crippen molar-refractivity contribution in [3.8, 4) is 11.8 Å². The molecular formula is C32H34N2O4. The van der Waals surface area contributed by atoms with Gasteiger partial charge in [-0.25, -0.2) is 0 Å². The van der Waals surface area contributed by atoms with E-state index in [2.05, 4.69) is 35.7 Å². The predicted octanol–water partition coefficient (Wildman–Crippen LogP) is 5.66. The standard InChI is InChI=1S/C32H34N2O4/c1-2-37-30(35)10-6-9-25-12-11-23(20-33)17-29(25)34-31(36)28-19-32(28)16-15-24-13-14-26(18-27(24)32)38-21-22-7-4-3-5-8-22/h3-5,7-8,11-14,17-18,28,31,34,36H,2,6,9-10,15-16,19,21H2,1H3/t28-,31?,32-/m0/s1. The van der Waals surface area contributed by atoms with E-state index in [-0.39, 0.29) is 17.3 Å². The Morgan fingerprint density at radius 3 is 2.82 bits per heavy atom. The van der Waals surface area contributed by atoms with Gasteiger partial charge in [0.1, 0.15) is 18.6 Å². The Morgan fingerprint density at radius 1 is 1.18 bits per heavy atom. The van der Waals surface area contributed by atoms with Crippen molar-refractivity contribution in [2.24, 2.45) is 5.92 Å². The number of aliphatic hydroxyl groups is 1. The van der Waals surface area contributed by atoms with Crippen LogP contribution in [0.5, 0.6) is 5.75 Å². The lowest BCUT2D eigenvalue weighted by molar-refractivity contribution is -0.143. The Bertz CT molecular complexity index is 1330. The summed E-state index contributed by atoms with van der Waals surface area (Å²) in [6.45, 7) is 2.70. The van der Waals surface area contributed by atoms with E-state index in [1.165, 1.54) is 11.1 Å². The average Bonchev–Trinajstić information content (AvgIpc) is 3.57. The largest absolute Gasteiger partial charge is 0.489 e. The van der Waals surface area contributed by atoms with Crippen molar-refractivity contribution in [3.63, 3.8) is 0 Å². The third-order valence-electron chi connectivity index (χ3n) is 7.90. The van der Waals surface area contributed by atoms with Gasteiger partial charge in [-0.05, 0) is 85.5 Å². The molecular weight excluding hydrogens is 476 g/mol. The lowest BCUT2D eigenvalue weighted by atomic mass is 9.94. The highest BCUT2D eigenvalue weighted by Gasteiger charge is 2.61. The third kappa shape index (κ3) is 5.54. The zero-order chi connectivity index (χ0) is 26.5. The fraction of sp³-hybridized carbons (Fsp3) is 0.375. The van der Waals surface area contributed by atoms with Crippen molar-refractivity contribution in [1.82, 2.24) is 0 Å². The molecule has 0 radical (unpaired) electrons. The van der Waals surface area contributed by atoms with Crippen LogP contribution in [0.1, 0.15) is 60.4 Å². The van der Waals surface area contributed by atoms with E-state index >= 15 is 0 Å². The quantitative estimate of drug-likeness (QED) is 0.256. The summed E-state index contributed by atoms with van der Waals surface area (Å²) in [5.41, 5.74) is 5.96. The Balaban J connectivity index is 1.26. The molecule has 1 spiro atoms. The number of anilines is 1. The molecule has 5 rings (SSSR count). The minimum Gasteiger partial charge on any atom is -0.489 e. The molecule has 2 N–H and O–H groups in total. The second kappa shape index (κ2) is 11.3. The summed E-state index contributed by atoms with van der Waals surface area (Å²) in [7, 11) is 0. The highest BCUT2D eigenvalue weighted by molar-refractivity contribution is 5.69. The first-order valence-electron chi connectivity index (χ1n) is 13.5. The number of rotatable bonds is 11. The van der Waals surface area contributed by atoms with Crippen molar-refractivity contribution < 1.29 is 19.4 Å². The summed E-state index contributed by atoms with van der Waals surface area (Å²) < 4.78 is 11.1. The van der Waals surface area contributed by atoms with Crippen LogP contribution in [0, 0.1) is 17.2 Å². The molecule has 1 fully saturated rings. The number of esters is 1. The zero-order valence-electron chi connectivity index (χ0n) is 21.8. The lowest BCUT2D eigenvalue weighted by Gasteiger charge is -2.21. The number of nitriles is 1. The zero-order valence-corrected chi connectivity index (χ0v) is 21.8.